The molecule has 2 heterocycles. The molecule has 0 saturated heterocycles. The molecule has 0 unspecified atom stereocenters. The molecule has 0 aliphatic carbocycles. The first kappa shape index (κ1) is 15.5. The molecule has 1 aliphatic rings. The number of carbonyl (C=O) groups is 2. The van der Waals surface area contributed by atoms with Crippen LogP contribution in [0.4, 0.5) is 5.69 Å². The average molecular weight is 332 g/mol. The number of rotatable bonds is 4. The third-order valence-corrected chi connectivity index (χ3v) is 4.51. The van der Waals surface area contributed by atoms with Gasteiger partial charge in [-0.1, -0.05) is 0 Å². The zero-order chi connectivity index (χ0) is 16.6. The van der Waals surface area contributed by atoms with Gasteiger partial charge >= 0.3 is 5.97 Å². The largest absolute Gasteiger partial charge is 0.482 e. The molecule has 0 atom stereocenters. The zero-order valence-corrected chi connectivity index (χ0v) is 13.6. The van der Waals surface area contributed by atoms with Crippen LogP contribution in [0.5, 0.6) is 5.75 Å². The van der Waals surface area contributed by atoms with Crippen molar-refractivity contribution in [3.05, 3.63) is 28.1 Å². The molecule has 0 bridgehead atoms. The highest BCUT2D eigenvalue weighted by Gasteiger charge is 2.26. The number of aromatic nitrogens is 1. The number of carboxylic acids is 1. The summed E-state index contributed by atoms with van der Waals surface area (Å²) in [6.07, 6.45) is -0.107. The Kier molecular flexibility index (Phi) is 4.04. The maximum absolute atomic E-state index is 12.1. The molecule has 7 heteroatoms. The van der Waals surface area contributed by atoms with E-state index in [9.17, 15) is 9.59 Å². The van der Waals surface area contributed by atoms with E-state index in [1.165, 1.54) is 4.90 Å². The average Bonchev–Trinajstić information content (AvgIpc) is 2.84. The summed E-state index contributed by atoms with van der Waals surface area (Å²) in [6, 6.07) is 5.56. The van der Waals surface area contributed by atoms with Gasteiger partial charge in [0.15, 0.2) is 6.61 Å². The predicted molar refractivity (Wildman–Crippen MR) is 87.1 cm³/mol. The number of nitrogens with zero attached hydrogens (tertiary/aromatic N) is 2. The number of aryl methyl sites for hydroxylation is 2. The van der Waals surface area contributed by atoms with E-state index in [1.807, 2.05) is 26.0 Å². The van der Waals surface area contributed by atoms with Crippen LogP contribution in [0.1, 0.15) is 16.3 Å². The minimum atomic E-state index is -0.937. The number of aliphatic carboxylic acids is 1. The summed E-state index contributed by atoms with van der Waals surface area (Å²) in [5, 5.41) is 9.85. The van der Waals surface area contributed by atoms with E-state index >= 15 is 0 Å². The van der Waals surface area contributed by atoms with Crippen LogP contribution in [-0.4, -0.2) is 35.1 Å². The quantitative estimate of drug-likeness (QED) is 0.931. The van der Waals surface area contributed by atoms with E-state index in [-0.39, 0.29) is 25.5 Å². The molecule has 1 N–H and O–H groups in total. The topological polar surface area (TPSA) is 79.7 Å². The molecular weight excluding hydrogens is 316 g/mol. The van der Waals surface area contributed by atoms with Gasteiger partial charge in [0, 0.05) is 17.0 Å². The number of hydrogen-bond donors (Lipinski definition) is 1. The van der Waals surface area contributed by atoms with Crippen molar-refractivity contribution in [1.82, 2.24) is 4.98 Å². The number of amides is 1. The lowest BCUT2D eigenvalue weighted by Gasteiger charge is -2.29. The molecule has 1 aromatic carbocycles. The predicted octanol–water partition coefficient (Wildman–Crippen LogP) is 2.63. The number of anilines is 1. The summed E-state index contributed by atoms with van der Waals surface area (Å²) >= 11 is 1.62. The number of thiazole rings is 1. The SMILES string of the molecule is Cc1nc(-c2ccc3c(c2)N(CCC(=O)O)C(=O)CO3)c(C)s1. The van der Waals surface area contributed by atoms with Crippen molar-refractivity contribution in [3.63, 3.8) is 0 Å². The van der Waals surface area contributed by atoms with Gasteiger partial charge < -0.3 is 14.7 Å². The minimum absolute atomic E-state index is 0.0686. The molecule has 0 radical (unpaired) electrons. The maximum atomic E-state index is 12.1. The van der Waals surface area contributed by atoms with Gasteiger partial charge in [0.1, 0.15) is 5.75 Å². The summed E-state index contributed by atoms with van der Waals surface area (Å²) < 4.78 is 5.44. The number of carboxylic acid groups (broad SMARTS) is 1. The Morgan fingerprint density at radius 2 is 2.22 bits per heavy atom. The van der Waals surface area contributed by atoms with Crippen molar-refractivity contribution in [2.45, 2.75) is 20.3 Å². The maximum Gasteiger partial charge on any atom is 0.305 e. The first-order valence-electron chi connectivity index (χ1n) is 7.19. The monoisotopic (exact) mass is 332 g/mol. The fraction of sp³-hybridized carbons (Fsp3) is 0.312. The van der Waals surface area contributed by atoms with Crippen molar-refractivity contribution in [3.8, 4) is 17.0 Å². The highest BCUT2D eigenvalue weighted by molar-refractivity contribution is 7.11. The van der Waals surface area contributed by atoms with Crippen LogP contribution in [0.3, 0.4) is 0 Å². The molecule has 1 aromatic heterocycles. The Labute approximate surface area is 137 Å². The van der Waals surface area contributed by atoms with Gasteiger partial charge in [-0.05, 0) is 32.0 Å². The molecule has 0 fully saturated rings. The van der Waals surface area contributed by atoms with Gasteiger partial charge in [-0.15, -0.1) is 11.3 Å². The molecular formula is C16H16N2O4S. The van der Waals surface area contributed by atoms with Crippen molar-refractivity contribution >= 4 is 28.9 Å². The highest BCUT2D eigenvalue weighted by atomic mass is 32.1. The molecule has 0 saturated carbocycles. The lowest BCUT2D eigenvalue weighted by molar-refractivity contribution is -0.136. The first-order valence-corrected chi connectivity index (χ1v) is 8.01. The number of carbonyl (C=O) groups excluding carboxylic acids is 1. The highest BCUT2D eigenvalue weighted by Crippen LogP contribution is 2.37. The Bertz CT molecular complexity index is 784. The van der Waals surface area contributed by atoms with E-state index in [1.54, 1.807) is 17.4 Å². The fourth-order valence-corrected chi connectivity index (χ4v) is 3.44. The normalized spacial score (nSPS) is 13.7. The Hall–Kier alpha value is -2.41. The molecule has 3 rings (SSSR count). The van der Waals surface area contributed by atoms with Crippen molar-refractivity contribution in [2.24, 2.45) is 0 Å². The van der Waals surface area contributed by atoms with E-state index < -0.39 is 5.97 Å². The molecule has 2 aromatic rings. The smallest absolute Gasteiger partial charge is 0.305 e. The van der Waals surface area contributed by atoms with E-state index in [2.05, 4.69) is 4.98 Å². The van der Waals surface area contributed by atoms with Crippen molar-refractivity contribution in [1.29, 1.82) is 0 Å². The van der Waals surface area contributed by atoms with Gasteiger partial charge in [0.2, 0.25) is 0 Å². The lowest BCUT2D eigenvalue weighted by atomic mass is 10.1. The number of benzene rings is 1. The molecule has 120 valence electrons. The van der Waals surface area contributed by atoms with Gasteiger partial charge in [0.05, 0.1) is 22.8 Å². The summed E-state index contributed by atoms with van der Waals surface area (Å²) in [6.45, 7) is 4.01. The first-order chi connectivity index (χ1) is 11.0. The van der Waals surface area contributed by atoms with E-state index in [0.29, 0.717) is 11.4 Å². The second-order valence-electron chi connectivity index (χ2n) is 5.30. The van der Waals surface area contributed by atoms with E-state index in [0.717, 1.165) is 21.1 Å². The second kappa shape index (κ2) is 6.00. The van der Waals surface area contributed by atoms with Crippen LogP contribution < -0.4 is 9.64 Å². The Morgan fingerprint density at radius 1 is 1.43 bits per heavy atom. The van der Waals surface area contributed by atoms with Crippen LogP contribution in [0.25, 0.3) is 11.3 Å². The van der Waals surface area contributed by atoms with Crippen LogP contribution in [-0.2, 0) is 9.59 Å². The summed E-state index contributed by atoms with van der Waals surface area (Å²) in [7, 11) is 0. The standard InChI is InChI=1S/C16H16N2O4S/c1-9-16(17-10(2)23-9)11-3-4-13-12(7-11)18(6-5-15(20)21)14(19)8-22-13/h3-4,7H,5-6,8H2,1-2H3,(H,20,21). The Balaban J connectivity index is 2.00. The van der Waals surface area contributed by atoms with Crippen LogP contribution in [0.15, 0.2) is 18.2 Å². The number of hydrogen-bond acceptors (Lipinski definition) is 5. The summed E-state index contributed by atoms with van der Waals surface area (Å²) in [5.41, 5.74) is 2.38. The van der Waals surface area contributed by atoms with Gasteiger partial charge in [-0.3, -0.25) is 9.59 Å². The summed E-state index contributed by atoms with van der Waals surface area (Å²) in [4.78, 5) is 30.0. The zero-order valence-electron chi connectivity index (χ0n) is 12.8. The van der Waals surface area contributed by atoms with Gasteiger partial charge in [0.25, 0.3) is 5.91 Å². The molecule has 6 nitrogen and oxygen atoms in total. The van der Waals surface area contributed by atoms with E-state index in [4.69, 9.17) is 9.84 Å². The third kappa shape index (κ3) is 3.05. The fourth-order valence-electron chi connectivity index (χ4n) is 2.60. The summed E-state index contributed by atoms with van der Waals surface area (Å²) in [5.74, 6) is -0.585. The van der Waals surface area contributed by atoms with Crippen molar-refractivity contribution in [2.75, 3.05) is 18.1 Å². The van der Waals surface area contributed by atoms with Gasteiger partial charge in [-0.25, -0.2) is 4.98 Å². The molecule has 1 aliphatic heterocycles. The second-order valence-corrected chi connectivity index (χ2v) is 6.71. The third-order valence-electron chi connectivity index (χ3n) is 3.63. The molecule has 23 heavy (non-hydrogen) atoms. The van der Waals surface area contributed by atoms with Crippen LogP contribution in [0, 0.1) is 13.8 Å². The van der Waals surface area contributed by atoms with Gasteiger partial charge in [-0.2, -0.15) is 0 Å². The van der Waals surface area contributed by atoms with Crippen molar-refractivity contribution < 1.29 is 19.4 Å². The number of fused-ring (bicyclic) bond motifs is 1. The van der Waals surface area contributed by atoms with Crippen LogP contribution >= 0.6 is 11.3 Å². The van der Waals surface area contributed by atoms with Crippen LogP contribution in [0.2, 0.25) is 0 Å². The number of ether oxygens (including phenoxy) is 1. The molecule has 0 spiro atoms. The molecule has 1 amide bonds. The lowest BCUT2D eigenvalue weighted by Crippen LogP contribution is -2.40. The minimum Gasteiger partial charge on any atom is -0.482 e. The Morgan fingerprint density at radius 3 is 2.87 bits per heavy atom.